The predicted molar refractivity (Wildman–Crippen MR) is 76.7 cm³/mol. The number of amides is 1. The first kappa shape index (κ1) is 18.5. The van der Waals surface area contributed by atoms with Crippen LogP contribution in [0.15, 0.2) is 18.2 Å². The maximum atomic E-state index is 13.8. The summed E-state index contributed by atoms with van der Waals surface area (Å²) in [5, 5.41) is 9.47. The van der Waals surface area contributed by atoms with Crippen LogP contribution in [0, 0.1) is 5.82 Å². The minimum absolute atomic E-state index is 0.181. The number of halogens is 4. The highest BCUT2D eigenvalue weighted by Gasteiger charge is 2.33. The molecule has 1 saturated heterocycles. The second kappa shape index (κ2) is 7.35. The van der Waals surface area contributed by atoms with Gasteiger partial charge in [0.1, 0.15) is 0 Å². The smallest absolute Gasteiger partial charge is 0.403 e. The van der Waals surface area contributed by atoms with Crippen molar-refractivity contribution in [2.45, 2.75) is 31.2 Å². The number of carbonyl (C=O) groups is 1. The standard InChI is InChI=1S/C15H18F4N2O3/c16-12-7-9(1-2-13(12)24-15(17,18)19)11(14(20)23)8-21-5-3-10(22)4-6-21/h1-2,7,10-11,22H,3-6,8H2,(H2,20,23)/t11-/m0/s1. The number of piperidine rings is 1. The van der Waals surface area contributed by atoms with E-state index in [4.69, 9.17) is 5.73 Å². The van der Waals surface area contributed by atoms with Gasteiger partial charge in [-0.2, -0.15) is 0 Å². The summed E-state index contributed by atoms with van der Waals surface area (Å²) in [4.78, 5) is 13.6. The molecule has 1 fully saturated rings. The number of carbonyl (C=O) groups excluding carboxylic acids is 1. The number of alkyl halides is 3. The fraction of sp³-hybridized carbons (Fsp3) is 0.533. The molecule has 0 unspecified atom stereocenters. The van der Waals surface area contributed by atoms with Crippen LogP contribution in [0.25, 0.3) is 0 Å². The lowest BCUT2D eigenvalue weighted by Crippen LogP contribution is -2.41. The highest BCUT2D eigenvalue weighted by atomic mass is 19.4. The van der Waals surface area contributed by atoms with Gasteiger partial charge in [0, 0.05) is 19.6 Å². The molecular weight excluding hydrogens is 332 g/mol. The van der Waals surface area contributed by atoms with Crippen LogP contribution < -0.4 is 10.5 Å². The van der Waals surface area contributed by atoms with Gasteiger partial charge in [0.2, 0.25) is 5.91 Å². The van der Waals surface area contributed by atoms with Gasteiger partial charge in [-0.3, -0.25) is 4.79 Å². The Balaban J connectivity index is 2.13. The normalized spacial score (nSPS) is 18.4. The van der Waals surface area contributed by atoms with Gasteiger partial charge in [-0.15, -0.1) is 13.2 Å². The Morgan fingerprint density at radius 2 is 2.00 bits per heavy atom. The van der Waals surface area contributed by atoms with E-state index in [2.05, 4.69) is 4.74 Å². The van der Waals surface area contributed by atoms with E-state index in [1.54, 1.807) is 0 Å². The fourth-order valence-electron chi connectivity index (χ4n) is 2.66. The van der Waals surface area contributed by atoms with E-state index in [9.17, 15) is 27.5 Å². The molecule has 134 valence electrons. The third kappa shape index (κ3) is 5.07. The van der Waals surface area contributed by atoms with Crippen molar-refractivity contribution in [2.24, 2.45) is 5.73 Å². The number of aliphatic hydroxyl groups excluding tert-OH is 1. The Morgan fingerprint density at radius 1 is 1.38 bits per heavy atom. The van der Waals surface area contributed by atoms with Gasteiger partial charge >= 0.3 is 6.36 Å². The predicted octanol–water partition coefficient (Wildman–Crippen LogP) is 1.75. The first-order valence-electron chi connectivity index (χ1n) is 7.40. The molecule has 3 N–H and O–H groups in total. The van der Waals surface area contributed by atoms with Crippen molar-refractivity contribution in [2.75, 3.05) is 19.6 Å². The maximum Gasteiger partial charge on any atom is 0.573 e. The van der Waals surface area contributed by atoms with Gasteiger partial charge in [0.25, 0.3) is 0 Å². The minimum atomic E-state index is -5.00. The summed E-state index contributed by atoms with van der Waals surface area (Å²) < 4.78 is 53.8. The number of nitrogens with two attached hydrogens (primary N) is 1. The van der Waals surface area contributed by atoms with Gasteiger partial charge in [-0.25, -0.2) is 4.39 Å². The third-order valence-corrected chi connectivity index (χ3v) is 3.93. The molecule has 9 heteroatoms. The largest absolute Gasteiger partial charge is 0.573 e. The summed E-state index contributed by atoms with van der Waals surface area (Å²) in [5.41, 5.74) is 5.54. The monoisotopic (exact) mass is 350 g/mol. The van der Waals surface area contributed by atoms with Crippen molar-refractivity contribution in [1.82, 2.24) is 4.90 Å². The Bertz CT molecular complexity index is 587. The van der Waals surface area contributed by atoms with Gasteiger partial charge in [-0.05, 0) is 30.5 Å². The van der Waals surface area contributed by atoms with E-state index in [1.165, 1.54) is 6.07 Å². The van der Waals surface area contributed by atoms with E-state index < -0.39 is 29.8 Å². The fourth-order valence-corrected chi connectivity index (χ4v) is 2.66. The SMILES string of the molecule is NC(=O)[C@@H](CN1CCC(O)CC1)c1ccc(OC(F)(F)F)c(F)c1. The van der Waals surface area contributed by atoms with Gasteiger partial charge < -0.3 is 20.5 Å². The van der Waals surface area contributed by atoms with E-state index >= 15 is 0 Å². The van der Waals surface area contributed by atoms with Crippen LogP contribution in [-0.4, -0.2) is 48.0 Å². The molecule has 1 aromatic rings. The van der Waals surface area contributed by atoms with Gasteiger partial charge in [-0.1, -0.05) is 6.07 Å². The number of nitrogens with zero attached hydrogens (tertiary/aromatic N) is 1. The van der Waals surface area contributed by atoms with E-state index in [0.29, 0.717) is 25.9 Å². The first-order chi connectivity index (χ1) is 11.2. The molecule has 0 radical (unpaired) electrons. The lowest BCUT2D eigenvalue weighted by molar-refractivity contribution is -0.275. The molecule has 0 aromatic heterocycles. The number of ether oxygens (including phenoxy) is 1. The molecule has 1 atom stereocenters. The molecule has 0 saturated carbocycles. The number of primary amides is 1. The van der Waals surface area contributed by atoms with Crippen molar-refractivity contribution < 1.29 is 32.2 Å². The molecule has 1 heterocycles. The number of hydrogen-bond acceptors (Lipinski definition) is 4. The van der Waals surface area contributed by atoms with Crippen molar-refractivity contribution in [3.63, 3.8) is 0 Å². The first-order valence-corrected chi connectivity index (χ1v) is 7.40. The summed E-state index contributed by atoms with van der Waals surface area (Å²) in [6.45, 7) is 1.33. The Kier molecular flexibility index (Phi) is 5.66. The number of rotatable bonds is 5. The third-order valence-electron chi connectivity index (χ3n) is 3.93. The summed E-state index contributed by atoms with van der Waals surface area (Å²) >= 11 is 0. The number of likely N-dealkylation sites (tertiary alicyclic amines) is 1. The molecule has 1 aliphatic rings. The topological polar surface area (TPSA) is 75.8 Å². The highest BCUT2D eigenvalue weighted by molar-refractivity contribution is 5.82. The second-order valence-corrected chi connectivity index (χ2v) is 5.72. The van der Waals surface area contributed by atoms with Crippen molar-refractivity contribution in [3.8, 4) is 5.75 Å². The molecule has 1 aromatic carbocycles. The summed E-state index contributed by atoms with van der Waals surface area (Å²) in [5.74, 6) is -3.75. The highest BCUT2D eigenvalue weighted by Crippen LogP contribution is 2.29. The molecule has 0 aliphatic carbocycles. The van der Waals surface area contributed by atoms with Gasteiger partial charge in [0.05, 0.1) is 12.0 Å². The number of benzene rings is 1. The van der Waals surface area contributed by atoms with Crippen molar-refractivity contribution >= 4 is 5.91 Å². The molecule has 24 heavy (non-hydrogen) atoms. The molecule has 1 aliphatic heterocycles. The van der Waals surface area contributed by atoms with Crippen LogP contribution in [0.2, 0.25) is 0 Å². The lowest BCUT2D eigenvalue weighted by atomic mass is 9.96. The number of aliphatic hydroxyl groups is 1. The zero-order chi connectivity index (χ0) is 17.9. The molecule has 5 nitrogen and oxygen atoms in total. The van der Waals surface area contributed by atoms with Gasteiger partial charge in [0.15, 0.2) is 11.6 Å². The zero-order valence-corrected chi connectivity index (χ0v) is 12.7. The second-order valence-electron chi connectivity index (χ2n) is 5.72. The number of hydrogen-bond donors (Lipinski definition) is 2. The minimum Gasteiger partial charge on any atom is -0.403 e. The van der Waals surface area contributed by atoms with Crippen LogP contribution in [0.3, 0.4) is 0 Å². The average Bonchev–Trinajstić information content (AvgIpc) is 2.47. The summed E-state index contributed by atoms with van der Waals surface area (Å²) in [6, 6.07) is 2.85. The summed E-state index contributed by atoms with van der Waals surface area (Å²) in [6.07, 6.45) is -4.28. The quantitative estimate of drug-likeness (QED) is 0.794. The average molecular weight is 350 g/mol. The Morgan fingerprint density at radius 3 is 2.50 bits per heavy atom. The zero-order valence-electron chi connectivity index (χ0n) is 12.7. The van der Waals surface area contributed by atoms with E-state index in [0.717, 1.165) is 12.1 Å². The molecule has 1 amide bonds. The van der Waals surface area contributed by atoms with Crippen LogP contribution in [0.1, 0.15) is 24.3 Å². The molecule has 0 spiro atoms. The Hall–Kier alpha value is -1.87. The lowest BCUT2D eigenvalue weighted by Gasteiger charge is -2.31. The molecule has 0 bridgehead atoms. The van der Waals surface area contributed by atoms with E-state index in [1.807, 2.05) is 4.90 Å². The van der Waals surface area contributed by atoms with Crippen molar-refractivity contribution in [3.05, 3.63) is 29.6 Å². The molecule has 2 rings (SSSR count). The van der Waals surface area contributed by atoms with Crippen molar-refractivity contribution in [1.29, 1.82) is 0 Å². The maximum absolute atomic E-state index is 13.8. The van der Waals surface area contributed by atoms with Crippen LogP contribution in [0.5, 0.6) is 5.75 Å². The van der Waals surface area contributed by atoms with E-state index in [-0.39, 0.29) is 18.2 Å². The molecular formula is C15H18F4N2O3. The summed E-state index contributed by atoms with van der Waals surface area (Å²) in [7, 11) is 0. The Labute approximate surface area is 136 Å². The van der Waals surface area contributed by atoms with Crippen LogP contribution in [0.4, 0.5) is 17.6 Å². The van der Waals surface area contributed by atoms with Crippen LogP contribution >= 0.6 is 0 Å². The van der Waals surface area contributed by atoms with Crippen LogP contribution in [-0.2, 0) is 4.79 Å².